The Balaban J connectivity index is 1.58. The maximum atomic E-state index is 12.2. The van der Waals surface area contributed by atoms with Crippen LogP contribution in [0.1, 0.15) is 24.3 Å². The van der Waals surface area contributed by atoms with Crippen molar-refractivity contribution in [1.82, 2.24) is 30.2 Å². The number of amides is 2. The highest BCUT2D eigenvalue weighted by atomic mass is 32.1. The molecule has 0 saturated heterocycles. The van der Waals surface area contributed by atoms with Gasteiger partial charge in [0.1, 0.15) is 5.76 Å². The van der Waals surface area contributed by atoms with E-state index < -0.39 is 0 Å². The third-order valence-corrected chi connectivity index (χ3v) is 5.79. The zero-order valence-corrected chi connectivity index (χ0v) is 20.0. The molecular weight excluding hydrogens is 428 g/mol. The molecule has 172 valence electrons. The molecule has 3 aromatic rings. The lowest BCUT2D eigenvalue weighted by molar-refractivity contribution is 0.252. The molecule has 0 aliphatic heterocycles. The van der Waals surface area contributed by atoms with Crippen molar-refractivity contribution in [3.8, 4) is 10.6 Å². The number of aromatic nitrogens is 4. The Morgan fingerprint density at radius 2 is 2.00 bits per heavy atom. The molecule has 10 nitrogen and oxygen atoms in total. The van der Waals surface area contributed by atoms with Gasteiger partial charge in [0.15, 0.2) is 11.0 Å². The van der Waals surface area contributed by atoms with E-state index in [9.17, 15) is 4.79 Å². The van der Waals surface area contributed by atoms with Crippen LogP contribution in [-0.2, 0) is 12.8 Å². The van der Waals surface area contributed by atoms with Crippen LogP contribution in [0.15, 0.2) is 22.9 Å². The third kappa shape index (κ3) is 6.47. The second-order valence-electron chi connectivity index (χ2n) is 7.61. The zero-order chi connectivity index (χ0) is 23.1. The van der Waals surface area contributed by atoms with Crippen molar-refractivity contribution in [2.24, 2.45) is 0 Å². The van der Waals surface area contributed by atoms with Crippen LogP contribution in [0.3, 0.4) is 0 Å². The number of nitrogens with one attached hydrogen (secondary N) is 2. The fourth-order valence-corrected chi connectivity index (χ4v) is 3.78. The molecule has 0 unspecified atom stereocenters. The van der Waals surface area contributed by atoms with Crippen LogP contribution in [0.4, 0.5) is 15.9 Å². The summed E-state index contributed by atoms with van der Waals surface area (Å²) >= 11 is 1.38. The first kappa shape index (κ1) is 23.6. The summed E-state index contributed by atoms with van der Waals surface area (Å²) in [5.74, 6) is 2.11. The summed E-state index contributed by atoms with van der Waals surface area (Å²) in [7, 11) is 6.04. The molecule has 0 radical (unpaired) electrons. The minimum absolute atomic E-state index is 0.320. The molecule has 0 fully saturated rings. The largest absolute Gasteiger partial charge is 0.446 e. The highest BCUT2D eigenvalue weighted by Gasteiger charge is 2.15. The van der Waals surface area contributed by atoms with Crippen molar-refractivity contribution in [3.05, 3.63) is 35.8 Å². The maximum absolute atomic E-state index is 12.2. The first-order valence-electron chi connectivity index (χ1n) is 10.5. The lowest BCUT2D eigenvalue weighted by Crippen LogP contribution is -2.30. The van der Waals surface area contributed by atoms with Gasteiger partial charge in [-0.25, -0.2) is 24.7 Å². The van der Waals surface area contributed by atoms with E-state index in [0.29, 0.717) is 29.9 Å². The van der Waals surface area contributed by atoms with E-state index in [0.717, 1.165) is 41.5 Å². The van der Waals surface area contributed by atoms with Crippen LogP contribution in [0.25, 0.3) is 10.6 Å². The van der Waals surface area contributed by atoms with E-state index in [1.807, 2.05) is 46.0 Å². The zero-order valence-electron chi connectivity index (χ0n) is 19.2. The summed E-state index contributed by atoms with van der Waals surface area (Å²) in [5.41, 5.74) is 1.59. The molecule has 0 atom stereocenters. The number of urea groups is 1. The summed E-state index contributed by atoms with van der Waals surface area (Å²) < 4.78 is 5.54. The Hall–Kier alpha value is -3.05. The Morgan fingerprint density at radius 3 is 2.72 bits per heavy atom. The monoisotopic (exact) mass is 458 g/mol. The summed E-state index contributed by atoms with van der Waals surface area (Å²) in [4.78, 5) is 35.0. The first-order valence-corrected chi connectivity index (χ1v) is 11.3. The van der Waals surface area contributed by atoms with Crippen LogP contribution >= 0.6 is 11.3 Å². The van der Waals surface area contributed by atoms with Gasteiger partial charge in [-0.15, -0.1) is 0 Å². The fourth-order valence-electron chi connectivity index (χ4n) is 2.85. The number of oxazole rings is 1. The fraction of sp³-hybridized carbons (Fsp3) is 0.476. The number of hydrogen-bond donors (Lipinski definition) is 2. The maximum Gasteiger partial charge on any atom is 0.321 e. The summed E-state index contributed by atoms with van der Waals surface area (Å²) in [5, 5.41) is 6.11. The number of rotatable bonds is 10. The van der Waals surface area contributed by atoms with Crippen molar-refractivity contribution in [2.75, 3.05) is 51.0 Å². The minimum atomic E-state index is -0.320. The summed E-state index contributed by atoms with van der Waals surface area (Å²) in [6.45, 7) is 6.05. The van der Waals surface area contributed by atoms with Crippen LogP contribution in [0.2, 0.25) is 0 Å². The Labute approximate surface area is 192 Å². The molecule has 0 aliphatic carbocycles. The molecule has 3 aromatic heterocycles. The van der Waals surface area contributed by atoms with E-state index in [2.05, 4.69) is 35.5 Å². The number of nitrogens with zero attached hydrogens (tertiary/aromatic N) is 6. The smallest absolute Gasteiger partial charge is 0.321 e. The standard InChI is InChI=1S/C21H30N8O2S/c1-6-15-13-24-17(31-15)8-10-23-20(30)27-21-25-14(2)18(32-21)16-7-9-22-19(26-16)29(5)12-11-28(3)4/h7,9,13H,6,8,10-12H2,1-5H3,(H2,23,25,27,30). The van der Waals surface area contributed by atoms with Gasteiger partial charge in [-0.2, -0.15) is 0 Å². The third-order valence-electron chi connectivity index (χ3n) is 4.69. The molecule has 0 aromatic carbocycles. The molecule has 0 spiro atoms. The number of likely N-dealkylation sites (N-methyl/N-ethyl adjacent to an activating group) is 2. The molecule has 3 heterocycles. The van der Waals surface area contributed by atoms with Crippen molar-refractivity contribution in [2.45, 2.75) is 26.7 Å². The van der Waals surface area contributed by atoms with E-state index in [1.54, 1.807) is 12.4 Å². The van der Waals surface area contributed by atoms with Crippen LogP contribution in [0.5, 0.6) is 0 Å². The van der Waals surface area contributed by atoms with Gasteiger partial charge in [-0.3, -0.25) is 5.32 Å². The van der Waals surface area contributed by atoms with E-state index >= 15 is 0 Å². The van der Waals surface area contributed by atoms with Gasteiger partial charge in [0.05, 0.1) is 22.5 Å². The lowest BCUT2D eigenvalue weighted by Gasteiger charge is -2.19. The molecule has 0 saturated carbocycles. The molecule has 3 rings (SSSR count). The van der Waals surface area contributed by atoms with Gasteiger partial charge in [-0.05, 0) is 27.1 Å². The van der Waals surface area contributed by atoms with E-state index in [4.69, 9.17) is 4.42 Å². The van der Waals surface area contributed by atoms with Gasteiger partial charge in [0.2, 0.25) is 5.95 Å². The van der Waals surface area contributed by atoms with Crippen molar-refractivity contribution in [1.29, 1.82) is 0 Å². The lowest BCUT2D eigenvalue weighted by atomic mass is 10.3. The van der Waals surface area contributed by atoms with E-state index in [1.165, 1.54) is 11.3 Å². The second-order valence-corrected chi connectivity index (χ2v) is 8.60. The second kappa shape index (κ2) is 11.0. The molecule has 2 amide bonds. The number of carbonyl (C=O) groups excluding carboxylic acids is 1. The Morgan fingerprint density at radius 1 is 1.19 bits per heavy atom. The highest BCUT2D eigenvalue weighted by molar-refractivity contribution is 7.19. The van der Waals surface area contributed by atoms with Crippen molar-refractivity contribution in [3.63, 3.8) is 0 Å². The molecule has 0 bridgehead atoms. The molecule has 32 heavy (non-hydrogen) atoms. The predicted molar refractivity (Wildman–Crippen MR) is 126 cm³/mol. The molecule has 0 aliphatic rings. The number of aryl methyl sites for hydroxylation is 2. The van der Waals surface area contributed by atoms with Gasteiger partial charge >= 0.3 is 6.03 Å². The normalized spacial score (nSPS) is 11.1. The quantitative estimate of drug-likeness (QED) is 0.477. The Bertz CT molecular complexity index is 1030. The number of thiazole rings is 1. The number of anilines is 2. The number of carbonyl (C=O) groups is 1. The van der Waals surface area contributed by atoms with Gasteiger partial charge in [-0.1, -0.05) is 18.3 Å². The SMILES string of the molecule is CCc1cnc(CCNC(=O)Nc2nc(C)c(-c3ccnc(N(C)CCN(C)C)n3)s2)o1. The highest BCUT2D eigenvalue weighted by Crippen LogP contribution is 2.31. The number of hydrogen-bond acceptors (Lipinski definition) is 9. The van der Waals surface area contributed by atoms with Gasteiger partial charge in [0.25, 0.3) is 0 Å². The molecular formula is C21H30N8O2S. The summed E-state index contributed by atoms with van der Waals surface area (Å²) in [6, 6.07) is 1.54. The van der Waals surface area contributed by atoms with Crippen LogP contribution in [-0.4, -0.2) is 71.6 Å². The molecule has 2 N–H and O–H groups in total. The molecule has 11 heteroatoms. The van der Waals surface area contributed by atoms with E-state index in [-0.39, 0.29) is 6.03 Å². The van der Waals surface area contributed by atoms with Gasteiger partial charge < -0.3 is 19.5 Å². The van der Waals surface area contributed by atoms with Crippen LogP contribution in [0, 0.1) is 6.92 Å². The Kier molecular flexibility index (Phi) is 8.12. The van der Waals surface area contributed by atoms with Crippen LogP contribution < -0.4 is 15.5 Å². The minimum Gasteiger partial charge on any atom is -0.446 e. The average Bonchev–Trinajstić information content (AvgIpc) is 3.38. The van der Waals surface area contributed by atoms with Crippen molar-refractivity contribution >= 4 is 28.4 Å². The van der Waals surface area contributed by atoms with Crippen molar-refractivity contribution < 1.29 is 9.21 Å². The van der Waals surface area contributed by atoms with Gasteiger partial charge in [0, 0.05) is 45.7 Å². The average molecular weight is 459 g/mol. The predicted octanol–water partition coefficient (Wildman–Crippen LogP) is 2.82. The summed E-state index contributed by atoms with van der Waals surface area (Å²) in [6.07, 6.45) is 4.79. The topological polar surface area (TPSA) is 112 Å². The first-order chi connectivity index (χ1) is 15.4.